The number of nitrogens with one attached hydrogen (secondary N) is 1. The Morgan fingerprint density at radius 1 is 1.11 bits per heavy atom. The van der Waals surface area contributed by atoms with Crippen LogP contribution in [-0.2, 0) is 4.79 Å². The number of amides is 3. The van der Waals surface area contributed by atoms with Crippen LogP contribution >= 0.6 is 0 Å². The number of nitrogens with zero attached hydrogens (tertiary/aromatic N) is 5. The Kier molecular flexibility index (Phi) is 5.18. The maximum atomic E-state index is 13.0. The molecule has 4 rings (SSSR count). The maximum absolute atomic E-state index is 13.0. The van der Waals surface area contributed by atoms with Crippen molar-refractivity contribution in [2.45, 2.75) is 44.1 Å². The largest absolute Gasteiger partial charge is 0.354 e. The number of pyridine rings is 1. The van der Waals surface area contributed by atoms with Gasteiger partial charge in [-0.05, 0) is 25.0 Å². The van der Waals surface area contributed by atoms with Gasteiger partial charge in [0.2, 0.25) is 0 Å². The fourth-order valence-corrected chi connectivity index (χ4v) is 4.45. The maximum Gasteiger partial charge on any atom is 0.326 e. The van der Waals surface area contributed by atoms with E-state index in [2.05, 4.69) is 26.2 Å². The molecular weight excluding hydrogens is 356 g/mol. The Morgan fingerprint density at radius 2 is 1.82 bits per heavy atom. The zero-order chi connectivity index (χ0) is 19.6. The molecule has 0 atom stereocenters. The van der Waals surface area contributed by atoms with Crippen LogP contribution in [0.2, 0.25) is 0 Å². The summed E-state index contributed by atoms with van der Waals surface area (Å²) >= 11 is 0. The number of hydrogen-bond acceptors (Lipinski definition) is 6. The van der Waals surface area contributed by atoms with E-state index >= 15 is 0 Å². The van der Waals surface area contributed by atoms with Crippen molar-refractivity contribution < 1.29 is 9.59 Å². The molecule has 1 aromatic rings. The lowest BCUT2D eigenvalue weighted by atomic mass is 9.90. The van der Waals surface area contributed by atoms with E-state index in [-0.39, 0.29) is 11.9 Å². The van der Waals surface area contributed by atoms with Crippen molar-refractivity contribution in [2.24, 2.45) is 0 Å². The minimum Gasteiger partial charge on any atom is -0.354 e. The summed E-state index contributed by atoms with van der Waals surface area (Å²) in [5, 5.41) is 12.1. The van der Waals surface area contributed by atoms with Crippen molar-refractivity contribution in [3.63, 3.8) is 0 Å². The van der Waals surface area contributed by atoms with Crippen molar-refractivity contribution in [1.29, 1.82) is 5.26 Å². The van der Waals surface area contributed by atoms with E-state index in [0.717, 1.165) is 70.5 Å². The highest BCUT2D eigenvalue weighted by atomic mass is 16.2. The highest BCUT2D eigenvalue weighted by Gasteiger charge is 2.51. The molecule has 3 aliphatic rings. The number of imide groups is 1. The van der Waals surface area contributed by atoms with Crippen LogP contribution in [-0.4, -0.2) is 65.1 Å². The van der Waals surface area contributed by atoms with Gasteiger partial charge < -0.3 is 10.2 Å². The first-order valence-corrected chi connectivity index (χ1v) is 10.1. The number of anilines is 1. The van der Waals surface area contributed by atoms with Gasteiger partial charge in [-0.1, -0.05) is 25.7 Å². The summed E-state index contributed by atoms with van der Waals surface area (Å²) in [5.74, 6) is 0.747. The van der Waals surface area contributed by atoms with Crippen LogP contribution in [0.15, 0.2) is 18.3 Å². The second-order valence-electron chi connectivity index (χ2n) is 7.92. The molecule has 3 fully saturated rings. The summed E-state index contributed by atoms with van der Waals surface area (Å²) in [4.78, 5) is 35.6. The van der Waals surface area contributed by atoms with Gasteiger partial charge in [0.15, 0.2) is 0 Å². The SMILES string of the molecule is N#Cc1ccnc(N2CCN(CN3C(=O)NC4(CCCCCC4)C3=O)CC2)c1. The van der Waals surface area contributed by atoms with Crippen LogP contribution in [0, 0.1) is 11.3 Å². The molecule has 1 spiro atoms. The van der Waals surface area contributed by atoms with Crippen LogP contribution in [0.25, 0.3) is 0 Å². The topological polar surface area (TPSA) is 92.6 Å². The number of urea groups is 1. The van der Waals surface area contributed by atoms with Crippen molar-refractivity contribution in [3.05, 3.63) is 23.9 Å². The number of piperazine rings is 1. The molecule has 2 aliphatic heterocycles. The molecule has 3 heterocycles. The van der Waals surface area contributed by atoms with Gasteiger partial charge in [0, 0.05) is 32.4 Å². The Hall–Kier alpha value is -2.66. The highest BCUT2D eigenvalue weighted by molar-refractivity contribution is 6.07. The van der Waals surface area contributed by atoms with E-state index in [0.29, 0.717) is 12.2 Å². The first kappa shape index (κ1) is 18.7. The quantitative estimate of drug-likeness (QED) is 0.800. The van der Waals surface area contributed by atoms with E-state index in [1.807, 2.05) is 0 Å². The number of hydrogen-bond donors (Lipinski definition) is 1. The Morgan fingerprint density at radius 3 is 2.50 bits per heavy atom. The normalized spacial score (nSPS) is 22.8. The van der Waals surface area contributed by atoms with E-state index in [9.17, 15) is 9.59 Å². The van der Waals surface area contributed by atoms with Crippen molar-refractivity contribution in [2.75, 3.05) is 37.7 Å². The van der Waals surface area contributed by atoms with Crippen molar-refractivity contribution in [1.82, 2.24) is 20.1 Å². The molecule has 0 radical (unpaired) electrons. The molecule has 3 amide bonds. The van der Waals surface area contributed by atoms with Crippen LogP contribution in [0.4, 0.5) is 10.6 Å². The van der Waals surface area contributed by atoms with Crippen molar-refractivity contribution >= 4 is 17.8 Å². The number of aromatic nitrogens is 1. The van der Waals surface area contributed by atoms with Gasteiger partial charge >= 0.3 is 6.03 Å². The predicted octanol–water partition coefficient (Wildman–Crippen LogP) is 1.68. The molecule has 1 aromatic heterocycles. The standard InChI is InChI=1S/C20H26N6O2/c21-14-16-5-8-22-17(13-16)25-11-9-24(10-12-25)15-26-18(27)20(23-19(26)28)6-3-1-2-4-7-20/h5,8,13H,1-4,6-7,9-12,15H2,(H,23,28). The molecule has 1 N–H and O–H groups in total. The van der Waals surface area contributed by atoms with Crippen LogP contribution in [0.1, 0.15) is 44.1 Å². The number of carbonyl (C=O) groups is 2. The van der Waals surface area contributed by atoms with Crippen LogP contribution in [0.3, 0.4) is 0 Å². The zero-order valence-corrected chi connectivity index (χ0v) is 16.1. The molecule has 1 aliphatic carbocycles. The number of rotatable bonds is 3. The third-order valence-electron chi connectivity index (χ3n) is 6.12. The highest BCUT2D eigenvalue weighted by Crippen LogP contribution is 2.32. The summed E-state index contributed by atoms with van der Waals surface area (Å²) in [6.45, 7) is 3.31. The minimum absolute atomic E-state index is 0.0507. The predicted molar refractivity (Wildman–Crippen MR) is 103 cm³/mol. The lowest BCUT2D eigenvalue weighted by Crippen LogP contribution is -2.52. The molecule has 148 valence electrons. The van der Waals surface area contributed by atoms with Crippen LogP contribution in [0.5, 0.6) is 0 Å². The lowest BCUT2D eigenvalue weighted by Gasteiger charge is -2.36. The Labute approximate surface area is 165 Å². The van der Waals surface area contributed by atoms with E-state index < -0.39 is 5.54 Å². The molecular formula is C20H26N6O2. The molecule has 2 saturated heterocycles. The molecule has 0 unspecified atom stereocenters. The minimum atomic E-state index is -0.670. The molecule has 8 heteroatoms. The van der Waals surface area contributed by atoms with Gasteiger partial charge in [0.25, 0.3) is 5.91 Å². The van der Waals surface area contributed by atoms with Gasteiger partial charge in [-0.15, -0.1) is 0 Å². The first-order valence-electron chi connectivity index (χ1n) is 10.1. The zero-order valence-electron chi connectivity index (χ0n) is 16.1. The Balaban J connectivity index is 1.36. The fourth-order valence-electron chi connectivity index (χ4n) is 4.45. The summed E-state index contributed by atoms with van der Waals surface area (Å²) in [5.41, 5.74) is -0.0719. The van der Waals surface area contributed by atoms with Crippen LogP contribution < -0.4 is 10.2 Å². The summed E-state index contributed by atoms with van der Waals surface area (Å²) in [6.07, 6.45) is 7.41. The molecule has 0 bridgehead atoms. The second-order valence-corrected chi connectivity index (χ2v) is 7.92. The average molecular weight is 382 g/mol. The molecule has 8 nitrogen and oxygen atoms in total. The summed E-state index contributed by atoms with van der Waals surface area (Å²) in [6, 6.07) is 5.38. The summed E-state index contributed by atoms with van der Waals surface area (Å²) in [7, 11) is 0. The van der Waals surface area contributed by atoms with E-state index in [4.69, 9.17) is 5.26 Å². The third-order valence-corrected chi connectivity index (χ3v) is 6.12. The third kappa shape index (κ3) is 3.54. The van der Waals surface area contributed by atoms with Gasteiger partial charge in [-0.25, -0.2) is 14.7 Å². The van der Waals surface area contributed by atoms with Gasteiger partial charge in [0.1, 0.15) is 11.4 Å². The lowest BCUT2D eigenvalue weighted by molar-refractivity contribution is -0.133. The van der Waals surface area contributed by atoms with E-state index in [1.54, 1.807) is 18.3 Å². The number of carbonyl (C=O) groups excluding carboxylic acids is 2. The second kappa shape index (κ2) is 7.76. The molecule has 1 saturated carbocycles. The number of nitriles is 1. The smallest absolute Gasteiger partial charge is 0.326 e. The fraction of sp³-hybridized carbons (Fsp3) is 0.600. The van der Waals surface area contributed by atoms with Crippen molar-refractivity contribution in [3.8, 4) is 6.07 Å². The Bertz CT molecular complexity index is 788. The van der Waals surface area contributed by atoms with Gasteiger partial charge in [0.05, 0.1) is 18.3 Å². The van der Waals surface area contributed by atoms with E-state index in [1.165, 1.54) is 4.90 Å². The average Bonchev–Trinajstić information content (AvgIpc) is 2.88. The summed E-state index contributed by atoms with van der Waals surface area (Å²) < 4.78 is 0. The van der Waals surface area contributed by atoms with Gasteiger partial charge in [-0.2, -0.15) is 5.26 Å². The first-order chi connectivity index (χ1) is 13.6. The monoisotopic (exact) mass is 382 g/mol. The molecule has 28 heavy (non-hydrogen) atoms. The van der Waals surface area contributed by atoms with Gasteiger partial charge in [-0.3, -0.25) is 9.69 Å². The molecule has 0 aromatic carbocycles.